The lowest BCUT2D eigenvalue weighted by molar-refractivity contribution is -0.129. The Balaban J connectivity index is 1.63. The average Bonchev–Trinajstić information content (AvgIpc) is 2.88. The fourth-order valence-corrected chi connectivity index (χ4v) is 2.98. The van der Waals surface area contributed by atoms with Crippen molar-refractivity contribution in [3.05, 3.63) is 18.0 Å². The molecule has 0 bridgehead atoms. The minimum Gasteiger partial charge on any atom is -0.351 e. The molecule has 0 radical (unpaired) electrons. The number of nitrogens with two attached hydrogens (primary N) is 1. The van der Waals surface area contributed by atoms with E-state index in [1.807, 2.05) is 24.2 Å². The molecular weight excluding hydrogens is 294 g/mol. The van der Waals surface area contributed by atoms with Crippen LogP contribution in [0, 0.1) is 0 Å². The van der Waals surface area contributed by atoms with Crippen molar-refractivity contribution < 1.29 is 4.79 Å². The van der Waals surface area contributed by atoms with E-state index in [4.69, 9.17) is 5.73 Å². The Morgan fingerprint density at radius 1 is 1.39 bits per heavy atom. The maximum Gasteiger partial charge on any atom is 0.223 e. The van der Waals surface area contributed by atoms with E-state index in [0.29, 0.717) is 5.95 Å². The minimum absolute atomic E-state index is 0.0249. The lowest BCUT2D eigenvalue weighted by atomic mass is 10.0. The normalized spacial score (nSPS) is 25.0. The zero-order valence-corrected chi connectivity index (χ0v) is 13.5. The average molecular weight is 317 g/mol. The van der Waals surface area contributed by atoms with Crippen LogP contribution in [0.3, 0.4) is 0 Å². The van der Waals surface area contributed by atoms with Crippen molar-refractivity contribution in [2.75, 3.05) is 25.5 Å². The van der Waals surface area contributed by atoms with Gasteiger partial charge < -0.3 is 16.0 Å². The Kier molecular flexibility index (Phi) is 4.42. The summed E-state index contributed by atoms with van der Waals surface area (Å²) in [6.07, 6.45) is 5.17. The van der Waals surface area contributed by atoms with Gasteiger partial charge in [0.25, 0.3) is 0 Å². The molecule has 2 aliphatic heterocycles. The first-order valence-corrected chi connectivity index (χ1v) is 7.92. The quantitative estimate of drug-likeness (QED) is 0.826. The second-order valence-corrected chi connectivity index (χ2v) is 6.08. The topological polar surface area (TPSA) is 99.7 Å². The van der Waals surface area contributed by atoms with Crippen molar-refractivity contribution in [3.8, 4) is 0 Å². The lowest BCUT2D eigenvalue weighted by Crippen LogP contribution is -2.41. The molecule has 0 spiro atoms. The van der Waals surface area contributed by atoms with Crippen molar-refractivity contribution in [1.29, 1.82) is 0 Å². The predicted octanol–water partition coefficient (Wildman–Crippen LogP) is 0.199. The lowest BCUT2D eigenvalue weighted by Gasteiger charge is -2.31. The molecule has 1 aromatic heterocycles. The fourth-order valence-electron chi connectivity index (χ4n) is 2.98. The molecule has 3 N–H and O–H groups in total. The highest BCUT2D eigenvalue weighted by Gasteiger charge is 2.28. The van der Waals surface area contributed by atoms with Gasteiger partial charge in [-0.2, -0.15) is 5.10 Å². The summed E-state index contributed by atoms with van der Waals surface area (Å²) in [4.78, 5) is 22.1. The van der Waals surface area contributed by atoms with Crippen LogP contribution in [0.1, 0.15) is 31.4 Å². The Morgan fingerprint density at radius 2 is 2.13 bits per heavy atom. The molecule has 2 atom stereocenters. The maximum absolute atomic E-state index is 11.4. The smallest absolute Gasteiger partial charge is 0.223 e. The van der Waals surface area contributed by atoms with Crippen molar-refractivity contribution >= 4 is 18.1 Å². The van der Waals surface area contributed by atoms with E-state index in [0.717, 1.165) is 31.6 Å². The van der Waals surface area contributed by atoms with Crippen LogP contribution in [0.15, 0.2) is 17.4 Å². The Morgan fingerprint density at radius 3 is 2.74 bits per heavy atom. The van der Waals surface area contributed by atoms with Gasteiger partial charge in [-0.05, 0) is 18.9 Å². The van der Waals surface area contributed by atoms with Gasteiger partial charge in [0.05, 0.1) is 11.6 Å². The molecule has 0 aromatic carbocycles. The van der Waals surface area contributed by atoms with E-state index in [1.54, 1.807) is 18.1 Å². The van der Waals surface area contributed by atoms with Gasteiger partial charge in [-0.15, -0.1) is 0 Å². The largest absolute Gasteiger partial charge is 0.351 e. The molecule has 1 aromatic rings. The molecule has 2 aliphatic rings. The number of aromatic nitrogens is 2. The van der Waals surface area contributed by atoms with Crippen LogP contribution < -0.4 is 11.1 Å². The highest BCUT2D eigenvalue weighted by Crippen LogP contribution is 2.22. The van der Waals surface area contributed by atoms with Crippen molar-refractivity contribution in [2.45, 2.75) is 37.9 Å². The van der Waals surface area contributed by atoms with Crippen LogP contribution in [0.25, 0.3) is 0 Å². The SMILES string of the molecule is CC(=O)N1CCC(Nc2nccc(C3C=NN(C)C3N)n2)CC1. The van der Waals surface area contributed by atoms with Crippen molar-refractivity contribution in [2.24, 2.45) is 10.8 Å². The molecule has 0 saturated carbocycles. The summed E-state index contributed by atoms with van der Waals surface area (Å²) in [5, 5.41) is 9.31. The minimum atomic E-state index is -0.198. The molecule has 3 rings (SSSR count). The molecule has 2 unspecified atom stereocenters. The van der Waals surface area contributed by atoms with Gasteiger partial charge in [0.1, 0.15) is 6.17 Å². The highest BCUT2D eigenvalue weighted by atomic mass is 16.2. The molecule has 1 saturated heterocycles. The third-order valence-electron chi connectivity index (χ3n) is 4.50. The van der Waals surface area contributed by atoms with E-state index < -0.39 is 0 Å². The molecule has 1 fully saturated rings. The number of rotatable bonds is 3. The number of likely N-dealkylation sites (tertiary alicyclic amines) is 1. The zero-order chi connectivity index (χ0) is 16.4. The summed E-state index contributed by atoms with van der Waals surface area (Å²) in [7, 11) is 1.85. The number of carbonyl (C=O) groups is 1. The van der Waals surface area contributed by atoms with E-state index in [1.165, 1.54) is 0 Å². The standard InChI is InChI=1S/C15H23N7O/c1-10(23)22-7-4-11(5-8-22)19-15-17-6-3-13(20-15)12-9-18-21(2)14(12)16/h3,6,9,11-12,14H,4-5,7-8,16H2,1-2H3,(H,17,19,20). The van der Waals surface area contributed by atoms with Crippen LogP contribution in [0.5, 0.6) is 0 Å². The van der Waals surface area contributed by atoms with E-state index in [2.05, 4.69) is 20.4 Å². The van der Waals surface area contributed by atoms with Crippen molar-refractivity contribution in [1.82, 2.24) is 19.9 Å². The van der Waals surface area contributed by atoms with Crippen LogP contribution in [0.2, 0.25) is 0 Å². The van der Waals surface area contributed by atoms with Crippen molar-refractivity contribution in [3.63, 3.8) is 0 Å². The van der Waals surface area contributed by atoms with Gasteiger partial charge in [0.2, 0.25) is 11.9 Å². The number of piperidine rings is 1. The summed E-state index contributed by atoms with van der Waals surface area (Å²) in [5.74, 6) is 0.724. The number of hydrogen-bond acceptors (Lipinski definition) is 7. The maximum atomic E-state index is 11.4. The Hall–Kier alpha value is -2.22. The number of anilines is 1. The van der Waals surface area contributed by atoms with Crippen LogP contribution >= 0.6 is 0 Å². The molecule has 8 heteroatoms. The fraction of sp³-hybridized carbons (Fsp3) is 0.600. The summed E-state index contributed by atoms with van der Waals surface area (Å²) in [5.41, 5.74) is 6.98. The molecule has 3 heterocycles. The number of likely N-dealkylation sites (N-methyl/N-ethyl adjacent to an activating group) is 1. The zero-order valence-electron chi connectivity index (χ0n) is 13.5. The monoisotopic (exact) mass is 317 g/mol. The van der Waals surface area contributed by atoms with Gasteiger partial charge >= 0.3 is 0 Å². The van der Waals surface area contributed by atoms with E-state index in [-0.39, 0.29) is 24.0 Å². The third-order valence-corrected chi connectivity index (χ3v) is 4.50. The molecule has 124 valence electrons. The first-order chi connectivity index (χ1) is 11.0. The molecule has 0 aliphatic carbocycles. The van der Waals surface area contributed by atoms with Gasteiger partial charge in [-0.25, -0.2) is 9.97 Å². The molecular formula is C15H23N7O. The Labute approximate surface area is 135 Å². The number of carbonyl (C=O) groups excluding carboxylic acids is 1. The summed E-state index contributed by atoms with van der Waals surface area (Å²) in [6.45, 7) is 3.17. The molecule has 23 heavy (non-hydrogen) atoms. The predicted molar refractivity (Wildman–Crippen MR) is 87.9 cm³/mol. The second-order valence-electron chi connectivity index (χ2n) is 6.08. The highest BCUT2D eigenvalue weighted by molar-refractivity contribution is 5.73. The van der Waals surface area contributed by atoms with Crippen LogP contribution in [0.4, 0.5) is 5.95 Å². The molecule has 1 amide bonds. The second kappa shape index (κ2) is 6.49. The number of hydrogen-bond donors (Lipinski definition) is 2. The van der Waals surface area contributed by atoms with Crippen LogP contribution in [-0.2, 0) is 4.79 Å². The Bertz CT molecular complexity index is 597. The first-order valence-electron chi connectivity index (χ1n) is 7.92. The first kappa shape index (κ1) is 15.7. The summed E-state index contributed by atoms with van der Waals surface area (Å²) in [6, 6.07) is 2.16. The van der Waals surface area contributed by atoms with Gasteiger partial charge in [-0.1, -0.05) is 0 Å². The van der Waals surface area contributed by atoms with Crippen LogP contribution in [-0.4, -0.2) is 64.3 Å². The summed E-state index contributed by atoms with van der Waals surface area (Å²) >= 11 is 0. The van der Waals surface area contributed by atoms with E-state index in [9.17, 15) is 4.79 Å². The van der Waals surface area contributed by atoms with Gasteiger partial charge in [0, 0.05) is 45.5 Å². The summed E-state index contributed by atoms with van der Waals surface area (Å²) < 4.78 is 0. The number of amides is 1. The van der Waals surface area contributed by atoms with Gasteiger partial charge in [0.15, 0.2) is 0 Å². The number of nitrogens with one attached hydrogen (secondary N) is 1. The number of hydrazone groups is 1. The molecule has 8 nitrogen and oxygen atoms in total. The van der Waals surface area contributed by atoms with E-state index >= 15 is 0 Å². The number of nitrogens with zero attached hydrogens (tertiary/aromatic N) is 5. The van der Waals surface area contributed by atoms with Gasteiger partial charge in [-0.3, -0.25) is 9.80 Å². The third kappa shape index (κ3) is 3.42.